The number of hydrogen-bond donors (Lipinski definition) is 12. The third-order valence-corrected chi connectivity index (χ3v) is 20.8. The molecule has 0 aromatic heterocycles. The van der Waals surface area contributed by atoms with Crippen LogP contribution in [0.1, 0.15) is 120 Å². The van der Waals surface area contributed by atoms with Crippen molar-refractivity contribution in [2.75, 3.05) is 6.61 Å². The number of aliphatic hydroxyl groups excluding tert-OH is 11. The summed E-state index contributed by atoms with van der Waals surface area (Å²) in [7, 11) is -5.12. The van der Waals surface area contributed by atoms with Crippen molar-refractivity contribution < 1.29 is 160 Å². The standard InChI is InChI=1S/C56H92O27S.Na/c1-21(2)16-26(57)19-56(9,69)34-11-10-29-28-18-32(31-17-27(83-84(70,71)72)12-14-54(31,7)30(28)13-15-55(29,34)8)78-51-45(68)46(38(61)25(6)76-51)80-52-47(81-49-43(66)40(63)35(58)22(3)74-49)39(62)33(20-73-52)79-53-48(42(65)37(60)24(5)77-53)82-50-44(67)41(64)36(59)23(4)75-50;/h13,21-25,27-29,31-53,58-69H,10-12,14-20H2,1-9H3,(H,70,71,72);/q;+1/p-1/t22-,23-,24-,25-,27+,28+,29+,31-,32+,33-,34+,35+,36+,37+,38-,39+,40+,41+,42+,43-,44-,45-,46+,47-,48-,49+,50+,51+,52+,53+,54-,55+,56+;/m1./s1. The van der Waals surface area contributed by atoms with Crippen LogP contribution in [0.5, 0.6) is 0 Å². The van der Waals surface area contributed by atoms with E-state index in [0.29, 0.717) is 32.1 Å². The van der Waals surface area contributed by atoms with E-state index in [-0.39, 0.29) is 78.3 Å². The molecule has 33 atom stereocenters. The van der Waals surface area contributed by atoms with Crippen molar-refractivity contribution >= 4 is 16.2 Å². The van der Waals surface area contributed by atoms with Gasteiger partial charge in [-0.15, -0.1) is 0 Å². The molecule has 4 aliphatic carbocycles. The fourth-order valence-electron chi connectivity index (χ4n) is 15.7. The topological polar surface area (TPSA) is 419 Å². The van der Waals surface area contributed by atoms with Crippen LogP contribution in [0.3, 0.4) is 0 Å². The first kappa shape index (κ1) is 70.3. The number of carbonyl (C=O) groups excluding carboxylic acids is 1. The Morgan fingerprint density at radius 2 is 1.14 bits per heavy atom. The number of fused-ring (bicyclic) bond motifs is 5. The van der Waals surface area contributed by atoms with E-state index >= 15 is 0 Å². The van der Waals surface area contributed by atoms with Crippen LogP contribution in [0.4, 0.5) is 0 Å². The third-order valence-electron chi connectivity index (χ3n) is 20.3. The van der Waals surface area contributed by atoms with E-state index in [1.807, 2.05) is 13.8 Å². The van der Waals surface area contributed by atoms with Crippen molar-refractivity contribution in [1.82, 2.24) is 0 Å². The average Bonchev–Trinajstić information content (AvgIpc) is 1.74. The molecule has 29 heteroatoms. The number of Topliss-reactive ketones (excluding diaryl/α,β-unsaturated/α-hetero) is 1. The van der Waals surface area contributed by atoms with Gasteiger partial charge in [0.15, 0.2) is 31.5 Å². The van der Waals surface area contributed by atoms with Crippen LogP contribution in [0.15, 0.2) is 11.6 Å². The molecule has 5 saturated heterocycles. The molecule has 484 valence electrons. The minimum absolute atomic E-state index is 0. The van der Waals surface area contributed by atoms with Crippen LogP contribution in [0.2, 0.25) is 0 Å². The molecule has 9 aliphatic rings. The zero-order valence-corrected chi connectivity index (χ0v) is 52.8. The molecular formula is C56H91NaO27S. The molecule has 0 radical (unpaired) electrons. The number of rotatable bonds is 17. The Balaban J connectivity index is 0.00000940. The summed E-state index contributed by atoms with van der Waals surface area (Å²) in [6.07, 6.45) is -35.6. The monoisotopic (exact) mass is 1250 g/mol. The van der Waals surface area contributed by atoms with Crippen LogP contribution in [0, 0.1) is 40.4 Å². The summed E-state index contributed by atoms with van der Waals surface area (Å²) in [4.78, 5) is 13.2. The Kier molecular flexibility index (Phi) is 22.5. The number of ketones is 1. The van der Waals surface area contributed by atoms with Gasteiger partial charge in [0.2, 0.25) is 10.4 Å². The second-order valence-corrected chi connectivity index (χ2v) is 27.6. The van der Waals surface area contributed by atoms with Gasteiger partial charge in [-0.05, 0) is 120 Å². The Morgan fingerprint density at radius 1 is 0.635 bits per heavy atom. The minimum Gasteiger partial charge on any atom is -0.726 e. The van der Waals surface area contributed by atoms with Gasteiger partial charge in [0.1, 0.15) is 97.3 Å². The Labute approximate surface area is 517 Å². The quantitative estimate of drug-likeness (QED) is 0.0281. The maximum atomic E-state index is 13.2. The average molecular weight is 1250 g/mol. The van der Waals surface area contributed by atoms with Crippen LogP contribution in [0.25, 0.3) is 0 Å². The zero-order valence-electron chi connectivity index (χ0n) is 49.9. The summed E-state index contributed by atoms with van der Waals surface area (Å²) in [6, 6.07) is 0. The van der Waals surface area contributed by atoms with Crippen molar-refractivity contribution in [2.24, 2.45) is 40.4 Å². The van der Waals surface area contributed by atoms with Crippen LogP contribution in [-0.4, -0.2) is 252 Å². The third kappa shape index (κ3) is 14.2. The van der Waals surface area contributed by atoms with Gasteiger partial charge in [-0.1, -0.05) is 39.3 Å². The van der Waals surface area contributed by atoms with Gasteiger partial charge in [-0.25, -0.2) is 8.42 Å². The molecule has 5 aliphatic heterocycles. The molecule has 0 amide bonds. The van der Waals surface area contributed by atoms with Crippen molar-refractivity contribution in [3.8, 4) is 0 Å². The van der Waals surface area contributed by atoms with Gasteiger partial charge in [0.05, 0.1) is 48.8 Å². The molecule has 85 heavy (non-hydrogen) atoms. The van der Waals surface area contributed by atoms with E-state index in [0.717, 1.165) is 12.0 Å². The van der Waals surface area contributed by atoms with Crippen molar-refractivity contribution in [2.45, 2.75) is 285 Å². The van der Waals surface area contributed by atoms with E-state index in [4.69, 9.17) is 51.6 Å². The van der Waals surface area contributed by atoms with Gasteiger partial charge < -0.3 is 113 Å². The maximum Gasteiger partial charge on any atom is 1.00 e. The van der Waals surface area contributed by atoms with Gasteiger partial charge in [-0.3, -0.25) is 8.98 Å². The summed E-state index contributed by atoms with van der Waals surface area (Å²) in [5, 5.41) is 135. The SMILES string of the molecule is CC(C)CC(=O)C[C@](C)(O)[C@H]1CC[C@H]2[C@@H]3C[C@H](O[C@@H]4O[C@H](C)[C@@H](O)[C@H](O[C@@H]5OC[C@@H](O[C@@H]6O[C@H](C)[C@H](O)[C@H](O)[C@H]6O[C@@H]6O[C@H](C)[C@H](O)[C@H](O)[C@H]6O)[C@H](O)[C@H]5O[C@@H]5O[C@H](C)[C@H](O)[C@H](O)[C@H]5O)[C@H]4O)[C@H]4C[C@@H](OS(=O)(=O)[O-])CC[C@]4(C)C3=CC[C@@]21C.[Na+]. The minimum atomic E-state index is -5.12. The molecular weight excluding hydrogens is 1160 g/mol. The van der Waals surface area contributed by atoms with E-state index in [2.05, 4.69) is 19.9 Å². The van der Waals surface area contributed by atoms with E-state index in [1.54, 1.807) is 6.92 Å². The first-order chi connectivity index (χ1) is 39.1. The zero-order chi connectivity index (χ0) is 61.6. The van der Waals surface area contributed by atoms with E-state index in [1.165, 1.54) is 27.7 Å². The molecule has 8 fully saturated rings. The predicted octanol–water partition coefficient (Wildman–Crippen LogP) is -4.99. The molecule has 9 rings (SSSR count). The van der Waals surface area contributed by atoms with Gasteiger partial charge >= 0.3 is 29.6 Å². The molecule has 0 unspecified atom stereocenters. The Morgan fingerprint density at radius 3 is 1.71 bits per heavy atom. The Hall–Kier alpha value is -0.600. The summed E-state index contributed by atoms with van der Waals surface area (Å²) in [5.74, 6) is -0.803. The van der Waals surface area contributed by atoms with Gasteiger partial charge in [0.25, 0.3) is 0 Å². The number of hydrogen-bond acceptors (Lipinski definition) is 27. The fourth-order valence-corrected chi connectivity index (χ4v) is 16.2. The van der Waals surface area contributed by atoms with Crippen molar-refractivity contribution in [3.63, 3.8) is 0 Å². The molecule has 0 spiro atoms. The van der Waals surface area contributed by atoms with Gasteiger partial charge in [0, 0.05) is 12.8 Å². The molecule has 5 heterocycles. The Bertz CT molecular complexity index is 2410. The number of carbonyl (C=O) groups is 1. The molecule has 0 aromatic carbocycles. The maximum absolute atomic E-state index is 13.2. The fraction of sp³-hybridized carbons (Fsp3) is 0.946. The van der Waals surface area contributed by atoms with Crippen LogP contribution in [-0.2, 0) is 66.7 Å². The molecule has 12 N–H and O–H groups in total. The van der Waals surface area contributed by atoms with Crippen LogP contribution < -0.4 is 29.6 Å². The number of aliphatic hydroxyl groups is 12. The predicted molar refractivity (Wildman–Crippen MR) is 282 cm³/mol. The largest absolute Gasteiger partial charge is 1.00 e. The smallest absolute Gasteiger partial charge is 0.726 e. The second-order valence-electron chi connectivity index (χ2n) is 26.6. The van der Waals surface area contributed by atoms with Crippen LogP contribution >= 0.6 is 0 Å². The van der Waals surface area contributed by atoms with Crippen molar-refractivity contribution in [3.05, 3.63) is 11.6 Å². The number of ether oxygens (including phenoxy) is 10. The normalized spacial score (nSPS) is 51.1. The summed E-state index contributed by atoms with van der Waals surface area (Å²) in [6.45, 7) is 15.0. The molecule has 0 aromatic rings. The second kappa shape index (κ2) is 27.2. The summed E-state index contributed by atoms with van der Waals surface area (Å²) in [5.41, 5.74) is -1.27. The molecule has 27 nitrogen and oxygen atoms in total. The summed E-state index contributed by atoms with van der Waals surface area (Å²) < 4.78 is 102. The van der Waals surface area contributed by atoms with E-state index in [9.17, 15) is 79.0 Å². The molecule has 0 bridgehead atoms. The van der Waals surface area contributed by atoms with Crippen molar-refractivity contribution in [1.29, 1.82) is 0 Å². The van der Waals surface area contributed by atoms with Gasteiger partial charge in [-0.2, -0.15) is 0 Å². The van der Waals surface area contributed by atoms with E-state index < -0.39 is 199 Å². The first-order valence-electron chi connectivity index (χ1n) is 29.7. The first-order valence-corrected chi connectivity index (χ1v) is 31.1. The molecule has 3 saturated carbocycles. The number of allylic oxidation sites excluding steroid dienone is 2. The summed E-state index contributed by atoms with van der Waals surface area (Å²) >= 11 is 0.